The average Bonchev–Trinajstić information content (AvgIpc) is 3.32. The number of halogens is 2. The monoisotopic (exact) mass is 525 g/mol. The molecule has 8 heteroatoms. The van der Waals surface area contributed by atoms with Crippen LogP contribution in [-0.4, -0.2) is 20.7 Å². The predicted molar refractivity (Wildman–Crippen MR) is 157 cm³/mol. The first-order valence-corrected chi connectivity index (χ1v) is 12.0. The molecule has 6 nitrogen and oxygen atoms in total. The SMILES string of the molecule is C#C.C/C=C(\C)F.C=C/C=C\C=C(/C)F.CC/C(C)=C(\C)n1nc(CC)cc1Nc1ncccc1C(N)=O. The number of allylic oxidation sites excluding steroid dienone is 9. The van der Waals surface area contributed by atoms with E-state index in [2.05, 4.69) is 55.6 Å². The number of nitrogens with two attached hydrogens (primary N) is 1. The molecule has 0 atom stereocenters. The van der Waals surface area contributed by atoms with Gasteiger partial charge >= 0.3 is 0 Å². The van der Waals surface area contributed by atoms with Crippen molar-refractivity contribution in [3.05, 3.63) is 89.8 Å². The van der Waals surface area contributed by atoms with Gasteiger partial charge in [0, 0.05) is 18.0 Å². The first-order chi connectivity index (χ1) is 18.0. The predicted octanol–water partition coefficient (Wildman–Crippen LogP) is 8.07. The molecule has 0 aliphatic rings. The number of aromatic nitrogens is 3. The lowest BCUT2D eigenvalue weighted by Crippen LogP contribution is -2.15. The van der Waals surface area contributed by atoms with Gasteiger partial charge in [0.1, 0.15) is 11.6 Å². The highest BCUT2D eigenvalue weighted by Crippen LogP contribution is 2.24. The minimum atomic E-state index is -0.514. The number of aryl methyl sites for hydroxylation is 1. The number of anilines is 2. The summed E-state index contributed by atoms with van der Waals surface area (Å²) in [6, 6.07) is 5.30. The van der Waals surface area contributed by atoms with Crippen LogP contribution in [0.3, 0.4) is 0 Å². The molecule has 1 amide bonds. The van der Waals surface area contributed by atoms with Gasteiger partial charge < -0.3 is 11.1 Å². The standard InChI is InChI=1S/C17H23N5O.C7H9F.C4H7F.C2H2/c1-5-11(3)12(4)22-15(10-13(6-2)21-22)20-17-14(16(18)23)8-7-9-19-17;1-3-4-5-6-7(2)8;1-3-4(2)5;1-2/h7-10H,5-6H2,1-4H3,(H2,18,23)(H,19,20);3-6H,1H2,2H3;3H,1-2H3;1-2H/b12-11+;5-4-,7-6+;4-3+;. The molecule has 0 unspecified atom stereocenters. The van der Waals surface area contributed by atoms with Gasteiger partial charge in [-0.3, -0.25) is 4.79 Å². The van der Waals surface area contributed by atoms with Crippen molar-refractivity contribution < 1.29 is 13.6 Å². The second kappa shape index (κ2) is 20.9. The summed E-state index contributed by atoms with van der Waals surface area (Å²) in [5, 5.41) is 7.81. The number of nitrogens with zero attached hydrogens (tertiary/aromatic N) is 3. The summed E-state index contributed by atoms with van der Waals surface area (Å²) >= 11 is 0. The number of amides is 1. The molecule has 0 aliphatic carbocycles. The molecule has 2 aromatic heterocycles. The quantitative estimate of drug-likeness (QED) is 0.269. The fourth-order valence-electron chi connectivity index (χ4n) is 2.48. The van der Waals surface area contributed by atoms with E-state index in [1.165, 1.54) is 31.6 Å². The molecule has 0 bridgehead atoms. The van der Waals surface area contributed by atoms with Crippen LogP contribution in [0.1, 0.15) is 70.9 Å². The molecule has 38 heavy (non-hydrogen) atoms. The molecule has 2 rings (SSSR count). The van der Waals surface area contributed by atoms with E-state index >= 15 is 0 Å². The smallest absolute Gasteiger partial charge is 0.252 e. The minimum Gasteiger partial charge on any atom is -0.365 e. The van der Waals surface area contributed by atoms with Gasteiger partial charge in [0.25, 0.3) is 5.91 Å². The number of rotatable bonds is 8. The Morgan fingerprint density at radius 2 is 1.76 bits per heavy atom. The Bertz CT molecular complexity index is 1150. The lowest BCUT2D eigenvalue weighted by molar-refractivity contribution is 0.100. The highest BCUT2D eigenvalue weighted by atomic mass is 19.1. The summed E-state index contributed by atoms with van der Waals surface area (Å²) in [5.74, 6) is 0.381. The zero-order chi connectivity index (χ0) is 29.7. The van der Waals surface area contributed by atoms with Crippen LogP contribution in [-0.2, 0) is 6.42 Å². The number of carbonyl (C=O) groups is 1. The van der Waals surface area contributed by atoms with Crippen molar-refractivity contribution in [2.75, 3.05) is 5.32 Å². The van der Waals surface area contributed by atoms with E-state index in [-0.39, 0.29) is 11.7 Å². The van der Waals surface area contributed by atoms with E-state index in [0.717, 1.165) is 30.1 Å². The van der Waals surface area contributed by atoms with E-state index < -0.39 is 5.91 Å². The molecule has 3 N–H and O–H groups in total. The van der Waals surface area contributed by atoms with Crippen LogP contribution in [0.5, 0.6) is 0 Å². The average molecular weight is 526 g/mol. The zero-order valence-electron chi connectivity index (χ0n) is 23.6. The Labute approximate surface area is 226 Å². The van der Waals surface area contributed by atoms with Crippen molar-refractivity contribution in [1.82, 2.24) is 14.8 Å². The Balaban J connectivity index is 0. The van der Waals surface area contributed by atoms with Gasteiger partial charge in [-0.1, -0.05) is 50.3 Å². The van der Waals surface area contributed by atoms with E-state index in [0.29, 0.717) is 11.4 Å². The van der Waals surface area contributed by atoms with E-state index in [4.69, 9.17) is 5.73 Å². The molecule has 0 aromatic carbocycles. The fourth-order valence-corrected chi connectivity index (χ4v) is 2.48. The molecule has 0 saturated heterocycles. The van der Waals surface area contributed by atoms with Gasteiger partial charge in [0.15, 0.2) is 0 Å². The number of hydrogen-bond donors (Lipinski definition) is 2. The number of hydrogen-bond acceptors (Lipinski definition) is 4. The topological polar surface area (TPSA) is 85.8 Å². The van der Waals surface area contributed by atoms with Crippen molar-refractivity contribution in [2.45, 2.75) is 61.3 Å². The third-order valence-electron chi connectivity index (χ3n) is 4.88. The van der Waals surface area contributed by atoms with Crippen LogP contribution in [0.15, 0.2) is 78.6 Å². The second-order valence-electron chi connectivity index (χ2n) is 7.64. The number of nitrogens with one attached hydrogen (secondary N) is 1. The van der Waals surface area contributed by atoms with Crippen LogP contribution in [0, 0.1) is 12.8 Å². The van der Waals surface area contributed by atoms with Gasteiger partial charge in [0.2, 0.25) is 0 Å². The summed E-state index contributed by atoms with van der Waals surface area (Å²) in [5.41, 5.74) is 9.04. The largest absolute Gasteiger partial charge is 0.365 e. The molecule has 0 saturated carbocycles. The lowest BCUT2D eigenvalue weighted by atomic mass is 10.2. The van der Waals surface area contributed by atoms with Gasteiger partial charge in [-0.25, -0.2) is 18.4 Å². The maximum absolute atomic E-state index is 11.8. The van der Waals surface area contributed by atoms with Crippen LogP contribution in [0.4, 0.5) is 20.4 Å². The Hall–Kier alpha value is -4.25. The Kier molecular flexibility index (Phi) is 19.7. The molecule has 2 aromatic rings. The van der Waals surface area contributed by atoms with Crippen molar-refractivity contribution in [3.63, 3.8) is 0 Å². The van der Waals surface area contributed by atoms with Crippen LogP contribution < -0.4 is 11.1 Å². The number of carbonyl (C=O) groups excluding carboxylic acids is 1. The normalized spacial score (nSPS) is 11.6. The molecule has 0 spiro atoms. The third-order valence-corrected chi connectivity index (χ3v) is 4.88. The summed E-state index contributed by atoms with van der Waals surface area (Å²) in [6.45, 7) is 16.2. The lowest BCUT2D eigenvalue weighted by Gasteiger charge is -2.13. The Morgan fingerprint density at radius 3 is 2.21 bits per heavy atom. The molecule has 0 fully saturated rings. The molecule has 0 radical (unpaired) electrons. The van der Waals surface area contributed by atoms with Crippen LogP contribution in [0.2, 0.25) is 0 Å². The first kappa shape index (κ1) is 35.9. The van der Waals surface area contributed by atoms with Gasteiger partial charge in [-0.15, -0.1) is 12.8 Å². The number of primary amides is 1. The molecule has 0 aliphatic heterocycles. The number of terminal acetylenes is 1. The van der Waals surface area contributed by atoms with Crippen LogP contribution in [0.25, 0.3) is 5.70 Å². The van der Waals surface area contributed by atoms with Gasteiger partial charge in [-0.05, 0) is 65.7 Å². The molecule has 206 valence electrons. The maximum atomic E-state index is 11.8. The second-order valence-corrected chi connectivity index (χ2v) is 7.64. The van der Waals surface area contributed by atoms with E-state index in [1.807, 2.05) is 17.7 Å². The molecular weight excluding hydrogens is 484 g/mol. The van der Waals surface area contributed by atoms with Crippen molar-refractivity contribution >= 4 is 23.2 Å². The maximum Gasteiger partial charge on any atom is 0.252 e. The van der Waals surface area contributed by atoms with Crippen molar-refractivity contribution in [2.24, 2.45) is 5.73 Å². The van der Waals surface area contributed by atoms with Gasteiger partial charge in [-0.2, -0.15) is 5.10 Å². The highest BCUT2D eigenvalue weighted by Gasteiger charge is 2.14. The van der Waals surface area contributed by atoms with E-state index in [9.17, 15) is 13.6 Å². The van der Waals surface area contributed by atoms with Crippen molar-refractivity contribution in [1.29, 1.82) is 0 Å². The summed E-state index contributed by atoms with van der Waals surface area (Å²) in [4.78, 5) is 15.8. The molecular formula is C30H41F2N5O. The first-order valence-electron chi connectivity index (χ1n) is 12.0. The minimum absolute atomic E-state index is 0.120. The summed E-state index contributed by atoms with van der Waals surface area (Å²) < 4.78 is 25.0. The van der Waals surface area contributed by atoms with Crippen LogP contribution >= 0.6 is 0 Å². The highest BCUT2D eigenvalue weighted by molar-refractivity contribution is 5.98. The number of pyridine rings is 1. The van der Waals surface area contributed by atoms with Crippen molar-refractivity contribution in [3.8, 4) is 12.8 Å². The summed E-state index contributed by atoms with van der Waals surface area (Å²) in [6.07, 6.45) is 19.1. The van der Waals surface area contributed by atoms with E-state index in [1.54, 1.807) is 43.5 Å². The van der Waals surface area contributed by atoms with Gasteiger partial charge in [0.05, 0.1) is 22.9 Å². The summed E-state index contributed by atoms with van der Waals surface area (Å²) in [7, 11) is 0. The third kappa shape index (κ3) is 14.3. The Morgan fingerprint density at radius 1 is 1.16 bits per heavy atom. The zero-order valence-corrected chi connectivity index (χ0v) is 23.6. The fraction of sp³-hybridized carbons (Fsp3) is 0.300. The molecule has 2 heterocycles.